The van der Waals surface area contributed by atoms with E-state index in [1.165, 1.54) is 11.3 Å². The van der Waals surface area contributed by atoms with Gasteiger partial charge in [-0.1, -0.05) is 0 Å². The van der Waals surface area contributed by atoms with Crippen molar-refractivity contribution in [3.05, 3.63) is 41.0 Å². The third kappa shape index (κ3) is 1.82. The molecule has 0 bridgehead atoms. The molecule has 94 valence electrons. The Hall–Kier alpha value is -2.47. The minimum Gasteiger partial charge on any atom is -0.366 e. The molecule has 5 nitrogen and oxygen atoms in total. The van der Waals surface area contributed by atoms with E-state index in [4.69, 9.17) is 5.73 Å². The van der Waals surface area contributed by atoms with Crippen LogP contribution in [0.5, 0.6) is 0 Å². The second kappa shape index (κ2) is 4.33. The molecular weight excluding hydrogens is 262 g/mol. The van der Waals surface area contributed by atoms with Gasteiger partial charge in [0.15, 0.2) is 6.29 Å². The standard InChI is InChI=1S/C13H9N3O2S/c14-12(18)11-8-3-4-15-13(8)16-5-9(11)10-2-1-7(6-17)19-10/h1-6H,(H2,14,18)(H,15,16). The van der Waals surface area contributed by atoms with Crippen LogP contribution in [0.15, 0.2) is 30.6 Å². The van der Waals surface area contributed by atoms with Crippen LogP contribution < -0.4 is 5.73 Å². The van der Waals surface area contributed by atoms with Gasteiger partial charge in [0.05, 0.1) is 10.4 Å². The van der Waals surface area contributed by atoms with E-state index < -0.39 is 5.91 Å². The summed E-state index contributed by atoms with van der Waals surface area (Å²) in [5, 5.41) is 0.686. The average molecular weight is 271 g/mol. The molecule has 3 aromatic rings. The molecule has 3 heterocycles. The molecule has 0 atom stereocenters. The van der Waals surface area contributed by atoms with Crippen molar-refractivity contribution in [2.24, 2.45) is 5.73 Å². The fourth-order valence-electron chi connectivity index (χ4n) is 2.02. The summed E-state index contributed by atoms with van der Waals surface area (Å²) in [4.78, 5) is 31.0. The van der Waals surface area contributed by atoms with Gasteiger partial charge in [-0.15, -0.1) is 11.3 Å². The highest BCUT2D eigenvalue weighted by molar-refractivity contribution is 7.17. The minimum atomic E-state index is -0.511. The van der Waals surface area contributed by atoms with E-state index in [0.717, 1.165) is 11.2 Å². The summed E-state index contributed by atoms with van der Waals surface area (Å²) in [6.07, 6.45) is 4.08. The number of aldehydes is 1. The maximum atomic E-state index is 11.7. The third-order valence-electron chi connectivity index (χ3n) is 2.84. The number of pyridine rings is 1. The van der Waals surface area contributed by atoms with Gasteiger partial charge >= 0.3 is 0 Å². The van der Waals surface area contributed by atoms with Crippen LogP contribution in [0.1, 0.15) is 20.0 Å². The zero-order chi connectivity index (χ0) is 13.4. The summed E-state index contributed by atoms with van der Waals surface area (Å²) < 4.78 is 0. The summed E-state index contributed by atoms with van der Waals surface area (Å²) >= 11 is 1.30. The zero-order valence-corrected chi connectivity index (χ0v) is 10.5. The maximum Gasteiger partial charge on any atom is 0.250 e. The summed E-state index contributed by atoms with van der Waals surface area (Å²) in [5.41, 5.74) is 7.16. The van der Waals surface area contributed by atoms with Gasteiger partial charge < -0.3 is 10.7 Å². The van der Waals surface area contributed by atoms with E-state index in [1.807, 2.05) is 0 Å². The lowest BCUT2D eigenvalue weighted by Gasteiger charge is -2.05. The van der Waals surface area contributed by atoms with Crippen molar-refractivity contribution in [1.29, 1.82) is 0 Å². The lowest BCUT2D eigenvalue weighted by molar-refractivity contribution is 0.100. The Morgan fingerprint density at radius 2 is 2.21 bits per heavy atom. The number of rotatable bonds is 3. The molecule has 0 aromatic carbocycles. The van der Waals surface area contributed by atoms with Crippen molar-refractivity contribution in [3.63, 3.8) is 0 Å². The number of aromatic nitrogens is 2. The summed E-state index contributed by atoms with van der Waals surface area (Å²) in [5.74, 6) is -0.511. The van der Waals surface area contributed by atoms with Crippen LogP contribution in [0.25, 0.3) is 21.5 Å². The third-order valence-corrected chi connectivity index (χ3v) is 3.89. The van der Waals surface area contributed by atoms with Crippen LogP contribution in [-0.2, 0) is 0 Å². The normalized spacial score (nSPS) is 10.7. The molecule has 3 aromatic heterocycles. The van der Waals surface area contributed by atoms with Gasteiger partial charge in [0, 0.05) is 28.2 Å². The van der Waals surface area contributed by atoms with Gasteiger partial charge in [-0.25, -0.2) is 4.98 Å². The molecule has 0 saturated heterocycles. The van der Waals surface area contributed by atoms with Crippen molar-refractivity contribution in [2.45, 2.75) is 0 Å². The Labute approximate surface area is 112 Å². The number of nitrogens with zero attached hydrogens (tertiary/aromatic N) is 1. The quantitative estimate of drug-likeness (QED) is 0.716. The Morgan fingerprint density at radius 1 is 1.37 bits per heavy atom. The van der Waals surface area contributed by atoms with Crippen molar-refractivity contribution >= 4 is 34.6 Å². The number of hydrogen-bond donors (Lipinski definition) is 2. The minimum absolute atomic E-state index is 0.422. The van der Waals surface area contributed by atoms with Gasteiger partial charge in [-0.2, -0.15) is 0 Å². The van der Waals surface area contributed by atoms with Crippen LogP contribution in [0.4, 0.5) is 0 Å². The Morgan fingerprint density at radius 3 is 2.89 bits per heavy atom. The molecule has 0 fully saturated rings. The van der Waals surface area contributed by atoms with Crippen LogP contribution in [-0.4, -0.2) is 22.2 Å². The van der Waals surface area contributed by atoms with Gasteiger partial charge in [0.2, 0.25) is 5.91 Å². The monoisotopic (exact) mass is 271 g/mol. The first kappa shape index (κ1) is 11.6. The first-order valence-corrected chi connectivity index (χ1v) is 6.33. The van der Waals surface area contributed by atoms with E-state index in [9.17, 15) is 9.59 Å². The van der Waals surface area contributed by atoms with Crippen molar-refractivity contribution in [1.82, 2.24) is 9.97 Å². The number of aromatic amines is 1. The number of primary amides is 1. The number of nitrogens with one attached hydrogen (secondary N) is 1. The molecule has 3 rings (SSSR count). The predicted molar refractivity (Wildman–Crippen MR) is 73.3 cm³/mol. The highest BCUT2D eigenvalue weighted by Gasteiger charge is 2.17. The number of nitrogens with two attached hydrogens (primary N) is 1. The second-order valence-corrected chi connectivity index (χ2v) is 5.09. The van der Waals surface area contributed by atoms with Gasteiger partial charge in [0.25, 0.3) is 0 Å². The highest BCUT2D eigenvalue weighted by atomic mass is 32.1. The summed E-state index contributed by atoms with van der Waals surface area (Å²) in [6, 6.07) is 5.26. The number of hydrogen-bond acceptors (Lipinski definition) is 4. The van der Waals surface area contributed by atoms with E-state index in [2.05, 4.69) is 9.97 Å². The molecule has 19 heavy (non-hydrogen) atoms. The van der Waals surface area contributed by atoms with Gasteiger partial charge in [0.1, 0.15) is 5.65 Å². The van der Waals surface area contributed by atoms with Crippen LogP contribution in [0.2, 0.25) is 0 Å². The van der Waals surface area contributed by atoms with Crippen LogP contribution >= 0.6 is 11.3 Å². The molecule has 0 spiro atoms. The zero-order valence-electron chi connectivity index (χ0n) is 9.71. The van der Waals surface area contributed by atoms with Crippen LogP contribution in [0, 0.1) is 0 Å². The number of carbonyl (C=O) groups excluding carboxylic acids is 2. The Balaban J connectivity index is 2.30. The second-order valence-electron chi connectivity index (χ2n) is 3.97. The fraction of sp³-hybridized carbons (Fsp3) is 0. The van der Waals surface area contributed by atoms with Crippen LogP contribution in [0.3, 0.4) is 0 Å². The highest BCUT2D eigenvalue weighted by Crippen LogP contribution is 2.32. The number of fused-ring (bicyclic) bond motifs is 1. The maximum absolute atomic E-state index is 11.7. The lowest BCUT2D eigenvalue weighted by atomic mass is 10.1. The summed E-state index contributed by atoms with van der Waals surface area (Å²) in [7, 11) is 0. The Kier molecular flexibility index (Phi) is 2.64. The number of thiophene rings is 1. The first-order chi connectivity index (χ1) is 9.20. The smallest absolute Gasteiger partial charge is 0.250 e. The molecular formula is C13H9N3O2S. The SMILES string of the molecule is NC(=O)c1c(-c2ccc(C=O)s2)cnc2[nH]ccc12. The fourth-order valence-corrected chi connectivity index (χ4v) is 2.86. The Bertz CT molecular complexity index is 788. The molecule has 1 amide bonds. The molecule has 6 heteroatoms. The average Bonchev–Trinajstić information content (AvgIpc) is 3.05. The van der Waals surface area contributed by atoms with E-state index >= 15 is 0 Å². The van der Waals surface area contributed by atoms with Gasteiger partial charge in [-0.05, 0) is 18.2 Å². The van der Waals surface area contributed by atoms with E-state index in [-0.39, 0.29) is 0 Å². The molecule has 0 aliphatic carbocycles. The molecule has 0 aliphatic rings. The number of amides is 1. The number of carbonyl (C=O) groups is 2. The first-order valence-electron chi connectivity index (χ1n) is 5.52. The largest absolute Gasteiger partial charge is 0.366 e. The molecule has 0 saturated carbocycles. The molecule has 0 unspecified atom stereocenters. The number of H-pyrrole nitrogens is 1. The summed E-state index contributed by atoms with van der Waals surface area (Å²) in [6.45, 7) is 0. The van der Waals surface area contributed by atoms with Crippen molar-refractivity contribution < 1.29 is 9.59 Å². The van der Waals surface area contributed by atoms with E-state index in [1.54, 1.807) is 30.6 Å². The van der Waals surface area contributed by atoms with Crippen molar-refractivity contribution in [3.8, 4) is 10.4 Å². The molecule has 3 N–H and O–H groups in total. The van der Waals surface area contributed by atoms with Gasteiger partial charge in [-0.3, -0.25) is 9.59 Å². The molecule has 0 radical (unpaired) electrons. The molecule has 0 aliphatic heterocycles. The van der Waals surface area contributed by atoms with E-state index in [0.29, 0.717) is 27.0 Å². The topological polar surface area (TPSA) is 88.8 Å². The predicted octanol–water partition coefficient (Wildman–Crippen LogP) is 2.20. The lowest BCUT2D eigenvalue weighted by Crippen LogP contribution is -2.13. The van der Waals surface area contributed by atoms with Crippen molar-refractivity contribution in [2.75, 3.05) is 0 Å².